The Labute approximate surface area is 710 Å². The van der Waals surface area contributed by atoms with Crippen LogP contribution in [0.3, 0.4) is 0 Å². The van der Waals surface area contributed by atoms with Gasteiger partial charge in [0.25, 0.3) is 0 Å². The maximum Gasteiger partial charge on any atom is 0.0992 e. The maximum atomic E-state index is 9.31. The minimum Gasteiger partial charge on any atom is -0.345 e. The third-order valence-electron chi connectivity index (χ3n) is 22.3. The van der Waals surface area contributed by atoms with Gasteiger partial charge in [-0.3, -0.25) is 0 Å². The first-order chi connectivity index (χ1) is 59.7. The van der Waals surface area contributed by atoms with E-state index in [4.69, 9.17) is 0 Å². The summed E-state index contributed by atoms with van der Waals surface area (Å²) in [6.45, 7) is 0. The van der Waals surface area contributed by atoms with E-state index in [0.717, 1.165) is 79.6 Å². The van der Waals surface area contributed by atoms with Gasteiger partial charge in [0.05, 0.1) is 11.6 Å². The van der Waals surface area contributed by atoms with Crippen molar-refractivity contribution in [2.45, 2.75) is 0 Å². The minimum absolute atomic E-state index is 0.650. The summed E-state index contributed by atoms with van der Waals surface area (Å²) in [5.41, 5.74) is 29.3. The van der Waals surface area contributed by atoms with Gasteiger partial charge in [-0.25, -0.2) is 0 Å². The second kappa shape index (κ2) is 36.9. The highest BCUT2D eigenvalue weighted by atomic mass is 15.2. The molecule has 19 rings (SSSR count). The number of hydrogen-bond donors (Lipinski definition) is 0. The molecule has 0 aliphatic rings. The summed E-state index contributed by atoms with van der Waals surface area (Å²) in [4.78, 5) is 13.5. The van der Waals surface area contributed by atoms with Crippen LogP contribution in [-0.2, 0) is 0 Å². The van der Waals surface area contributed by atoms with Gasteiger partial charge in [0.15, 0.2) is 0 Å². The Kier molecular flexibility index (Phi) is 23.6. The van der Waals surface area contributed by atoms with Crippen LogP contribution in [0.2, 0.25) is 0 Å². The van der Waals surface area contributed by atoms with Gasteiger partial charge in [0.1, 0.15) is 0 Å². The van der Waals surface area contributed by atoms with Crippen molar-refractivity contribution in [2.75, 3.05) is 50.5 Å². The fourth-order valence-electron chi connectivity index (χ4n) is 15.7. The van der Waals surface area contributed by atoms with Gasteiger partial charge in [0, 0.05) is 112 Å². The summed E-state index contributed by atoms with van der Waals surface area (Å²) in [6, 6.07) is 173. The number of rotatable bonds is 20. The molecule has 0 fully saturated rings. The molecule has 121 heavy (non-hydrogen) atoms. The zero-order valence-electron chi connectivity index (χ0n) is 67.8. The summed E-state index contributed by atoms with van der Waals surface area (Å²) in [7, 11) is 6.27. The monoisotopic (exact) mass is 1560 g/mol. The van der Waals surface area contributed by atoms with Crippen molar-refractivity contribution in [3.05, 3.63) is 491 Å². The van der Waals surface area contributed by atoms with Crippen molar-refractivity contribution < 1.29 is 0 Å². The van der Waals surface area contributed by atoms with Crippen molar-refractivity contribution in [2.24, 2.45) is 0 Å². The lowest BCUT2D eigenvalue weighted by Crippen LogP contribution is -2.12. The quantitative estimate of drug-likeness (QED) is 0.0753. The second-order valence-corrected chi connectivity index (χ2v) is 29.8. The van der Waals surface area contributed by atoms with E-state index in [9.17, 15) is 5.26 Å². The average Bonchev–Trinajstić information content (AvgIpc) is 0.802. The molecule has 0 N–H and O–H groups in total. The fourth-order valence-corrected chi connectivity index (χ4v) is 15.7. The summed E-state index contributed by atoms with van der Waals surface area (Å²) in [5.74, 6) is 0. The normalized spacial score (nSPS) is 10.8. The van der Waals surface area contributed by atoms with Crippen LogP contribution in [0, 0.1) is 11.3 Å². The van der Waals surface area contributed by atoms with Crippen LogP contribution in [0.15, 0.2) is 485 Å². The molecule has 0 spiro atoms. The molecule has 0 bridgehead atoms. The van der Waals surface area contributed by atoms with Crippen molar-refractivity contribution in [3.63, 3.8) is 0 Å². The molecule has 0 saturated carbocycles. The first kappa shape index (κ1) is 77.6. The first-order valence-electron chi connectivity index (χ1n) is 40.9. The van der Waals surface area contributed by atoms with Gasteiger partial charge in [-0.05, 0) is 254 Å². The highest BCUT2D eigenvalue weighted by Gasteiger charge is 2.20. The molecule has 0 radical (unpaired) electrons. The van der Waals surface area contributed by atoms with Crippen molar-refractivity contribution in [1.29, 1.82) is 5.26 Å². The van der Waals surface area contributed by atoms with Crippen LogP contribution in [0.1, 0.15) is 5.56 Å². The Morgan fingerprint density at radius 3 is 0.843 bits per heavy atom. The van der Waals surface area contributed by atoms with E-state index in [0.29, 0.717) is 5.56 Å². The Bertz CT molecular complexity index is 6460. The summed E-state index contributed by atoms with van der Waals surface area (Å²) < 4.78 is 0. The third kappa shape index (κ3) is 18.0. The van der Waals surface area contributed by atoms with E-state index >= 15 is 0 Å². The largest absolute Gasteiger partial charge is 0.345 e. The number of nitrogens with zero attached hydrogens (tertiary/aromatic N) is 7. The van der Waals surface area contributed by atoms with Crippen molar-refractivity contribution in [1.82, 2.24) is 0 Å². The van der Waals surface area contributed by atoms with E-state index in [1.165, 1.54) is 82.9 Å². The average molecular weight is 1560 g/mol. The van der Waals surface area contributed by atoms with Crippen LogP contribution >= 0.6 is 0 Å². The maximum absolute atomic E-state index is 9.31. The number of para-hydroxylation sites is 1. The molecule has 19 aromatic carbocycles. The standard InChI is InChI=1S/C41H32N2.C37H30N2.C36H27N3/c1-42(41-18-10-16-35-15-8-9-17-40(35)41)36-27-29-39(30-28-36)43(37-23-19-33(20-24-37)31-11-4-2-5-12-31)38-25-21-34(22-26-38)32-13-6-3-7-14-32;1-38(33-15-9-4-10-16-33)34-25-27-37(28-26-34)39(35-21-17-31(18-22-35)29-11-5-2-6-12-29)36-23-19-32(20-24-36)30-13-7-3-8-14-30;1-38(34-15-7-9-27(23-34)26-37)32-19-21-33(22-20-32)39(36-18-17-29-12-5-6-13-30(29)25-36)35-16-8-14-31(24-35)28-10-3-2-4-11-28/h2-30H,1H3;2-28H,1H3;2-25H,1H3. The number of benzene rings is 19. The smallest absolute Gasteiger partial charge is 0.0992 e. The summed E-state index contributed by atoms with van der Waals surface area (Å²) >= 11 is 0. The van der Waals surface area contributed by atoms with E-state index < -0.39 is 0 Å². The molecule has 0 heterocycles. The Morgan fingerprint density at radius 1 is 0.165 bits per heavy atom. The Morgan fingerprint density at radius 2 is 0.421 bits per heavy atom. The number of hydrogen-bond acceptors (Lipinski definition) is 7. The molecular weight excluding hydrogens is 1470 g/mol. The van der Waals surface area contributed by atoms with Gasteiger partial charge in [-0.2, -0.15) is 5.26 Å². The van der Waals surface area contributed by atoms with Gasteiger partial charge in [-0.1, -0.05) is 303 Å². The van der Waals surface area contributed by atoms with Crippen LogP contribution < -0.4 is 29.4 Å². The summed E-state index contributed by atoms with van der Waals surface area (Å²) in [6.07, 6.45) is 0. The van der Waals surface area contributed by atoms with Gasteiger partial charge in [-0.15, -0.1) is 0 Å². The molecule has 0 aliphatic heterocycles. The lowest BCUT2D eigenvalue weighted by molar-refractivity contribution is 1.20. The van der Waals surface area contributed by atoms with Crippen LogP contribution in [0.25, 0.3) is 77.2 Å². The highest BCUT2D eigenvalue weighted by molar-refractivity contribution is 5.97. The van der Waals surface area contributed by atoms with E-state index in [-0.39, 0.29) is 0 Å². The summed E-state index contributed by atoms with van der Waals surface area (Å²) in [5, 5.41) is 14.2. The van der Waals surface area contributed by atoms with E-state index in [2.05, 4.69) is 498 Å². The fraction of sp³-hybridized carbons (Fsp3) is 0.0263. The van der Waals surface area contributed by atoms with Crippen LogP contribution in [-0.4, -0.2) is 21.1 Å². The molecule has 0 unspecified atom stereocenters. The third-order valence-corrected chi connectivity index (χ3v) is 22.3. The van der Waals surface area contributed by atoms with Crippen molar-refractivity contribution >= 4 is 107 Å². The van der Waals surface area contributed by atoms with Gasteiger partial charge >= 0.3 is 0 Å². The minimum atomic E-state index is 0.650. The number of nitriles is 1. The Hall–Kier alpha value is -16.0. The zero-order valence-corrected chi connectivity index (χ0v) is 67.8. The molecule has 0 aromatic heterocycles. The van der Waals surface area contributed by atoms with Crippen LogP contribution in [0.5, 0.6) is 0 Å². The molecule has 0 atom stereocenters. The predicted molar refractivity (Wildman–Crippen MR) is 514 cm³/mol. The number of fused-ring (bicyclic) bond motifs is 2. The second-order valence-electron chi connectivity index (χ2n) is 29.8. The topological polar surface area (TPSA) is 43.2 Å². The lowest BCUT2D eigenvalue weighted by atomic mass is 10.0. The molecular formula is C114H89N7. The molecule has 7 heteroatoms. The van der Waals surface area contributed by atoms with E-state index in [1.807, 2.05) is 43.4 Å². The number of anilines is 15. The first-order valence-corrected chi connectivity index (χ1v) is 40.9. The van der Waals surface area contributed by atoms with E-state index in [1.54, 1.807) is 0 Å². The predicted octanol–water partition coefficient (Wildman–Crippen LogP) is 31.3. The van der Waals surface area contributed by atoms with Crippen LogP contribution in [0.4, 0.5) is 85.3 Å². The molecule has 0 saturated heterocycles. The molecule has 0 aliphatic carbocycles. The SMILES string of the molecule is CN(c1ccc(N(c2ccc(-c3ccccc3)cc2)c2ccc(-c3ccccc3)cc2)cc1)c1cccc2ccccc12.CN(c1ccc(N(c2cccc(-c3ccccc3)c2)c2ccc3ccccc3c2)cc1)c1cccc(C#N)c1.CN(c1ccccc1)c1ccc(N(c2ccc(-c3ccccc3)cc2)c2ccc(-c3ccccc3)cc2)cc1. The van der Waals surface area contributed by atoms with Crippen molar-refractivity contribution in [3.8, 4) is 61.7 Å². The molecule has 7 nitrogen and oxygen atoms in total. The Balaban J connectivity index is 0.000000129. The highest BCUT2D eigenvalue weighted by Crippen LogP contribution is 2.44. The molecule has 19 aromatic rings. The zero-order chi connectivity index (χ0) is 82.1. The molecule has 580 valence electrons. The van der Waals surface area contributed by atoms with Gasteiger partial charge in [0.2, 0.25) is 0 Å². The molecule has 0 amide bonds. The van der Waals surface area contributed by atoms with Gasteiger partial charge < -0.3 is 29.4 Å². The lowest BCUT2D eigenvalue weighted by Gasteiger charge is -2.27.